The molecular weight excluding hydrogens is 721 g/mol. The molecule has 1 aliphatic carbocycles. The summed E-state index contributed by atoms with van der Waals surface area (Å²) >= 11 is 0. The second-order valence-electron chi connectivity index (χ2n) is 17.8. The summed E-state index contributed by atoms with van der Waals surface area (Å²) in [6, 6.07) is 11.4. The monoisotopic (exact) mass is 788 g/mol. The average molecular weight is 788 g/mol. The lowest BCUT2D eigenvalue weighted by molar-refractivity contribution is -0.132. The zero-order valence-corrected chi connectivity index (χ0v) is 34.5. The summed E-state index contributed by atoms with van der Waals surface area (Å²) < 4.78 is 30.2. The van der Waals surface area contributed by atoms with Crippen molar-refractivity contribution in [3.05, 3.63) is 53.1 Å². The van der Waals surface area contributed by atoms with Gasteiger partial charge in [0.05, 0.1) is 18.3 Å². The average Bonchev–Trinajstić information content (AvgIpc) is 3.67. The standard InChI is InChI=1S/C46H67F2N7O2/c1-3-4-5-11-24-51-28-30-52(31-29-51)25-12-7-10-15-44(56)53-26-21-43-42(34-53)49-35(2)55(43)40-32-38-16-17-39(33-40)54(38)27-20-41(36-13-8-6-9-14-36)50-45(57)37-18-22-46(47,48)23-19-37/h1,6,8-9,13-14,37-41H,4-5,7,10-12,15-34H2,2H3,(H,50,57)/t38?,39?,40?,41-/m0/s1. The van der Waals surface area contributed by atoms with E-state index in [2.05, 4.69) is 49.6 Å². The van der Waals surface area contributed by atoms with Crippen molar-refractivity contribution < 1.29 is 18.4 Å². The van der Waals surface area contributed by atoms with Crippen LogP contribution in [0.25, 0.3) is 0 Å². The first-order valence-electron chi connectivity index (χ1n) is 22.4. The second-order valence-corrected chi connectivity index (χ2v) is 17.8. The van der Waals surface area contributed by atoms with E-state index in [4.69, 9.17) is 11.4 Å². The van der Waals surface area contributed by atoms with Gasteiger partial charge in [-0.15, -0.1) is 12.3 Å². The summed E-state index contributed by atoms with van der Waals surface area (Å²) in [6.45, 7) is 11.3. The van der Waals surface area contributed by atoms with Gasteiger partial charge in [-0.05, 0) is 96.2 Å². The number of halogens is 2. The lowest BCUT2D eigenvalue weighted by Gasteiger charge is -2.41. The number of amides is 2. The minimum Gasteiger partial charge on any atom is -0.349 e. The number of hydrogen-bond donors (Lipinski definition) is 1. The van der Waals surface area contributed by atoms with Gasteiger partial charge in [0.15, 0.2) is 0 Å². The number of carbonyl (C=O) groups excluding carboxylic acids is 2. The lowest BCUT2D eigenvalue weighted by Crippen LogP contribution is -2.46. The molecule has 3 atom stereocenters. The molecule has 9 nitrogen and oxygen atoms in total. The number of piperazine rings is 1. The van der Waals surface area contributed by atoms with Crippen LogP contribution in [0.4, 0.5) is 8.78 Å². The number of unbranched alkanes of at least 4 members (excludes halogenated alkanes) is 4. The van der Waals surface area contributed by atoms with E-state index in [-0.39, 0.29) is 49.5 Å². The molecule has 1 aromatic carbocycles. The molecule has 0 spiro atoms. The fourth-order valence-corrected chi connectivity index (χ4v) is 10.7. The molecule has 1 N–H and O–H groups in total. The normalized spacial score (nSPS) is 24.9. The van der Waals surface area contributed by atoms with Gasteiger partial charge in [-0.2, -0.15) is 0 Å². The van der Waals surface area contributed by atoms with Crippen molar-refractivity contribution in [3.8, 4) is 12.3 Å². The van der Waals surface area contributed by atoms with Crippen LogP contribution in [-0.4, -0.2) is 111 Å². The van der Waals surface area contributed by atoms with Gasteiger partial charge in [0.2, 0.25) is 17.7 Å². The molecule has 7 rings (SSSR count). The summed E-state index contributed by atoms with van der Waals surface area (Å²) in [4.78, 5) is 41.6. The first-order chi connectivity index (χ1) is 27.7. The molecule has 2 aromatic rings. The number of rotatable bonds is 17. The molecule has 5 aliphatic rings. The van der Waals surface area contributed by atoms with E-state index >= 15 is 0 Å². The maximum Gasteiger partial charge on any atom is 0.248 e. The third-order valence-corrected chi connectivity index (χ3v) is 14.0. The fourth-order valence-electron chi connectivity index (χ4n) is 10.7. The Balaban J connectivity index is 0.852. The minimum absolute atomic E-state index is 0.0823. The molecular formula is C46H67F2N7O2. The van der Waals surface area contributed by atoms with Gasteiger partial charge in [0, 0.05) is 101 Å². The van der Waals surface area contributed by atoms with Crippen LogP contribution in [0.15, 0.2) is 30.3 Å². The number of alkyl halides is 2. The van der Waals surface area contributed by atoms with Crippen LogP contribution in [0.1, 0.15) is 138 Å². The van der Waals surface area contributed by atoms with Crippen LogP contribution in [-0.2, 0) is 22.6 Å². The van der Waals surface area contributed by atoms with Crippen molar-refractivity contribution >= 4 is 11.8 Å². The Hall–Kier alpha value is -3.33. The Morgan fingerprint density at radius 3 is 2.21 bits per heavy atom. The van der Waals surface area contributed by atoms with Gasteiger partial charge in [-0.25, -0.2) is 13.8 Å². The smallest absolute Gasteiger partial charge is 0.248 e. The van der Waals surface area contributed by atoms with Crippen molar-refractivity contribution in [1.29, 1.82) is 0 Å². The molecule has 11 heteroatoms. The van der Waals surface area contributed by atoms with Crippen LogP contribution < -0.4 is 5.32 Å². The van der Waals surface area contributed by atoms with E-state index in [1.54, 1.807) is 0 Å². The van der Waals surface area contributed by atoms with E-state index in [1.807, 2.05) is 23.1 Å². The molecule has 4 aliphatic heterocycles. The van der Waals surface area contributed by atoms with Crippen molar-refractivity contribution in [2.24, 2.45) is 5.92 Å². The Morgan fingerprint density at radius 2 is 1.54 bits per heavy atom. The van der Waals surface area contributed by atoms with Crippen molar-refractivity contribution in [2.45, 2.75) is 153 Å². The number of terminal acetylenes is 1. The number of carbonyl (C=O) groups is 2. The summed E-state index contributed by atoms with van der Waals surface area (Å²) in [5.74, 6) is 1.01. The first kappa shape index (κ1) is 41.8. The number of benzene rings is 1. The number of nitrogens with zero attached hydrogens (tertiary/aromatic N) is 6. The molecule has 4 fully saturated rings. The first-order valence-corrected chi connectivity index (χ1v) is 22.4. The number of aryl methyl sites for hydroxylation is 1. The number of fused-ring (bicyclic) bond motifs is 3. The van der Waals surface area contributed by atoms with Gasteiger partial charge >= 0.3 is 0 Å². The molecule has 2 unspecified atom stereocenters. The van der Waals surface area contributed by atoms with E-state index in [9.17, 15) is 18.4 Å². The number of piperidine rings is 1. The maximum absolute atomic E-state index is 13.8. The second kappa shape index (κ2) is 19.6. The number of hydrogen-bond acceptors (Lipinski definition) is 6. The highest BCUT2D eigenvalue weighted by Crippen LogP contribution is 2.43. The van der Waals surface area contributed by atoms with E-state index < -0.39 is 5.92 Å². The predicted molar refractivity (Wildman–Crippen MR) is 221 cm³/mol. The molecule has 1 saturated carbocycles. The molecule has 1 aromatic heterocycles. The quantitative estimate of drug-likeness (QED) is 0.134. The SMILES string of the molecule is C#CCCCCN1CCN(CCCCCC(=O)N2CCc3c(nc(C)n3C3CC4CCC(C3)N4CC[C@H](NC(=O)C3CCC(F)(F)CC3)c3ccccc3)C2)CC1. The van der Waals surface area contributed by atoms with Crippen LogP contribution in [0.5, 0.6) is 0 Å². The van der Waals surface area contributed by atoms with Crippen LogP contribution in [0.3, 0.4) is 0 Å². The highest BCUT2D eigenvalue weighted by molar-refractivity contribution is 5.79. The highest BCUT2D eigenvalue weighted by atomic mass is 19.3. The molecule has 2 bridgehead atoms. The maximum atomic E-state index is 13.8. The molecule has 312 valence electrons. The van der Waals surface area contributed by atoms with Crippen LogP contribution in [0, 0.1) is 25.2 Å². The third-order valence-electron chi connectivity index (χ3n) is 14.0. The number of aromatic nitrogens is 2. The van der Waals surface area contributed by atoms with Gasteiger partial charge in [-0.1, -0.05) is 36.8 Å². The summed E-state index contributed by atoms with van der Waals surface area (Å²) in [7, 11) is 0. The van der Waals surface area contributed by atoms with Crippen molar-refractivity contribution in [1.82, 2.24) is 34.5 Å². The van der Waals surface area contributed by atoms with Crippen molar-refractivity contribution in [3.63, 3.8) is 0 Å². The Labute approximate surface area is 340 Å². The van der Waals surface area contributed by atoms with Gasteiger partial charge in [0.1, 0.15) is 5.82 Å². The molecule has 0 radical (unpaired) electrons. The summed E-state index contributed by atoms with van der Waals surface area (Å²) in [5.41, 5.74) is 3.49. The zero-order chi connectivity index (χ0) is 39.8. The van der Waals surface area contributed by atoms with Crippen LogP contribution in [0.2, 0.25) is 0 Å². The van der Waals surface area contributed by atoms with Gasteiger partial charge in [-0.3, -0.25) is 14.5 Å². The van der Waals surface area contributed by atoms with E-state index in [0.29, 0.717) is 31.1 Å². The Kier molecular flexibility index (Phi) is 14.4. The number of imidazole rings is 1. The lowest BCUT2D eigenvalue weighted by atomic mass is 9.86. The predicted octanol–water partition coefficient (Wildman–Crippen LogP) is 7.30. The van der Waals surface area contributed by atoms with Crippen LogP contribution >= 0.6 is 0 Å². The topological polar surface area (TPSA) is 77.0 Å². The van der Waals surface area contributed by atoms with Crippen molar-refractivity contribution in [2.75, 3.05) is 52.4 Å². The number of nitrogens with one attached hydrogen (secondary N) is 1. The largest absolute Gasteiger partial charge is 0.349 e. The Morgan fingerprint density at radius 1 is 0.877 bits per heavy atom. The van der Waals surface area contributed by atoms with E-state index in [1.165, 1.54) is 25.0 Å². The molecule has 3 saturated heterocycles. The fraction of sp³-hybridized carbons (Fsp3) is 0.717. The van der Waals surface area contributed by atoms with Gasteiger partial charge < -0.3 is 24.6 Å². The summed E-state index contributed by atoms with van der Waals surface area (Å²) in [6.07, 6.45) is 18.7. The zero-order valence-electron chi connectivity index (χ0n) is 34.5. The third kappa shape index (κ3) is 10.8. The van der Waals surface area contributed by atoms with Gasteiger partial charge in [0.25, 0.3) is 0 Å². The summed E-state index contributed by atoms with van der Waals surface area (Å²) in [5, 5.41) is 3.28. The molecule has 5 heterocycles. The molecule has 2 amide bonds. The minimum atomic E-state index is -2.64. The highest BCUT2D eigenvalue weighted by Gasteiger charge is 2.43. The molecule has 57 heavy (non-hydrogen) atoms. The van der Waals surface area contributed by atoms with E-state index in [0.717, 1.165) is 127 Å². The Bertz CT molecular complexity index is 1640.